The Kier molecular flexibility index (Phi) is 17.3. The zero-order chi connectivity index (χ0) is 35.4. The number of carbonyl (C=O) groups is 3. The minimum absolute atomic E-state index is 0.0152. The van der Waals surface area contributed by atoms with E-state index in [-0.39, 0.29) is 17.5 Å². The van der Waals surface area contributed by atoms with Crippen LogP contribution in [0, 0.1) is 0 Å². The first-order chi connectivity index (χ1) is 23.7. The van der Waals surface area contributed by atoms with E-state index in [2.05, 4.69) is 82.4 Å². The van der Waals surface area contributed by atoms with E-state index in [0.29, 0.717) is 71.1 Å². The maximum Gasteiger partial charge on any atom is 0.220 e. The van der Waals surface area contributed by atoms with Gasteiger partial charge in [0.15, 0.2) is 5.71 Å². The second-order valence-electron chi connectivity index (χ2n) is 12.8. The minimum atomic E-state index is -0.0152. The monoisotopic (exact) mass is 670 g/mol. The van der Waals surface area contributed by atoms with Gasteiger partial charge in [-0.1, -0.05) is 31.2 Å². The van der Waals surface area contributed by atoms with Crippen molar-refractivity contribution in [3.05, 3.63) is 89.5 Å². The highest BCUT2D eigenvalue weighted by molar-refractivity contribution is 6.04. The van der Waals surface area contributed by atoms with Gasteiger partial charge in [-0.3, -0.25) is 14.4 Å². The van der Waals surface area contributed by atoms with Crippen LogP contribution in [-0.2, 0) is 19.1 Å². The van der Waals surface area contributed by atoms with Crippen LogP contribution in [0.5, 0.6) is 5.75 Å². The molecule has 0 fully saturated rings. The van der Waals surface area contributed by atoms with Crippen LogP contribution in [0.25, 0.3) is 5.57 Å². The van der Waals surface area contributed by atoms with Gasteiger partial charge in [0.25, 0.3) is 0 Å². The standard InChI is InChI=1S/C41H55N3O5/c1-6-29-48-30-9-12-38(46)25-24-37(45)11-7-8-28-42-40(47)13-10-31-49-39-26-18-34(19-27-39)41(32-14-20-35(21-15-32)43(2)3)33-16-22-36(23-17-33)44(4)5/h14-23,26-27H,6-13,24-25,28-31H2,1-5H3/p+1. The summed E-state index contributed by atoms with van der Waals surface area (Å²) in [6.45, 7) is 4.36. The molecule has 1 amide bonds. The van der Waals surface area contributed by atoms with Crippen LogP contribution in [-0.4, -0.2) is 82.3 Å². The zero-order valence-corrected chi connectivity index (χ0v) is 30.3. The largest absolute Gasteiger partial charge is 0.494 e. The first kappa shape index (κ1) is 39.1. The van der Waals surface area contributed by atoms with Crippen molar-refractivity contribution in [2.75, 3.05) is 59.5 Å². The summed E-state index contributed by atoms with van der Waals surface area (Å²) < 4.78 is 13.4. The number of anilines is 1. The third kappa shape index (κ3) is 14.4. The molecular weight excluding hydrogens is 614 g/mol. The van der Waals surface area contributed by atoms with Crippen LogP contribution in [0.1, 0.15) is 82.3 Å². The summed E-state index contributed by atoms with van der Waals surface area (Å²) >= 11 is 0. The van der Waals surface area contributed by atoms with Crippen LogP contribution in [0.2, 0.25) is 0 Å². The molecule has 0 atom stereocenters. The van der Waals surface area contributed by atoms with Gasteiger partial charge in [-0.25, -0.2) is 4.58 Å². The number of unbranched alkanes of at least 4 members (excludes halogenated alkanes) is 1. The van der Waals surface area contributed by atoms with E-state index in [1.807, 2.05) is 40.3 Å². The molecule has 0 unspecified atom stereocenters. The number of nitrogens with one attached hydrogen (secondary N) is 1. The van der Waals surface area contributed by atoms with E-state index in [1.54, 1.807) is 0 Å². The van der Waals surface area contributed by atoms with Crippen molar-refractivity contribution in [1.29, 1.82) is 0 Å². The highest BCUT2D eigenvalue weighted by Gasteiger charge is 2.14. The lowest BCUT2D eigenvalue weighted by atomic mass is 9.90. The molecule has 0 saturated heterocycles. The fourth-order valence-electron chi connectivity index (χ4n) is 5.40. The number of ether oxygens (including phenoxy) is 2. The summed E-state index contributed by atoms with van der Waals surface area (Å²) in [6.07, 6.45) is 14.3. The average molecular weight is 671 g/mol. The van der Waals surface area contributed by atoms with Crippen molar-refractivity contribution >= 4 is 34.4 Å². The van der Waals surface area contributed by atoms with E-state index in [1.165, 1.54) is 0 Å². The number of carbonyl (C=O) groups excluding carboxylic acids is 3. The van der Waals surface area contributed by atoms with Crippen molar-refractivity contribution < 1.29 is 28.4 Å². The molecule has 0 bridgehead atoms. The number of benzene rings is 2. The smallest absolute Gasteiger partial charge is 0.220 e. The number of amides is 1. The van der Waals surface area contributed by atoms with Crippen LogP contribution in [0.3, 0.4) is 0 Å². The lowest BCUT2D eigenvalue weighted by Crippen LogP contribution is -2.24. The minimum Gasteiger partial charge on any atom is -0.494 e. The molecule has 0 aromatic heterocycles. The summed E-state index contributed by atoms with van der Waals surface area (Å²) in [5.74, 6) is 0.983. The molecule has 1 aliphatic rings. The summed E-state index contributed by atoms with van der Waals surface area (Å²) in [6, 6.07) is 16.8. The van der Waals surface area contributed by atoms with Crippen molar-refractivity contribution in [1.82, 2.24) is 5.32 Å². The maximum atomic E-state index is 12.3. The number of Topliss-reactive ketones (excluding diaryl/α,β-unsaturated/α-hetero) is 2. The Morgan fingerprint density at radius 1 is 0.694 bits per heavy atom. The van der Waals surface area contributed by atoms with Crippen LogP contribution in [0.15, 0.2) is 78.4 Å². The molecule has 1 N–H and O–H groups in total. The predicted octanol–water partition coefficient (Wildman–Crippen LogP) is 6.96. The molecule has 1 aliphatic carbocycles. The Labute approximate surface area is 293 Å². The van der Waals surface area contributed by atoms with Crippen molar-refractivity contribution in [2.45, 2.75) is 71.1 Å². The van der Waals surface area contributed by atoms with Gasteiger partial charge in [0.1, 0.15) is 31.4 Å². The fourth-order valence-corrected chi connectivity index (χ4v) is 5.40. The van der Waals surface area contributed by atoms with Crippen molar-refractivity contribution in [2.24, 2.45) is 0 Å². The second-order valence-corrected chi connectivity index (χ2v) is 12.8. The second kappa shape index (κ2) is 21.6. The third-order valence-electron chi connectivity index (χ3n) is 8.28. The van der Waals surface area contributed by atoms with Gasteiger partial charge in [-0.15, -0.1) is 0 Å². The molecule has 0 saturated carbocycles. The van der Waals surface area contributed by atoms with Crippen LogP contribution >= 0.6 is 0 Å². The molecule has 2 aromatic rings. The molecule has 49 heavy (non-hydrogen) atoms. The SMILES string of the molecule is CCCOCCCC(=O)CCC(=O)CCCCNC(=O)CCCOc1ccc(C(=C2C=CC(=[N+](C)C)C=C2)c2ccc(N(C)C)cc2)cc1. The zero-order valence-electron chi connectivity index (χ0n) is 30.3. The van der Waals surface area contributed by atoms with E-state index in [0.717, 1.165) is 58.9 Å². The molecule has 0 radical (unpaired) electrons. The van der Waals surface area contributed by atoms with E-state index >= 15 is 0 Å². The highest BCUT2D eigenvalue weighted by Crippen LogP contribution is 2.32. The summed E-state index contributed by atoms with van der Waals surface area (Å²) in [7, 11) is 8.17. The first-order valence-electron chi connectivity index (χ1n) is 17.7. The lowest BCUT2D eigenvalue weighted by Gasteiger charge is -2.17. The predicted molar refractivity (Wildman–Crippen MR) is 200 cm³/mol. The van der Waals surface area contributed by atoms with Gasteiger partial charge in [0.2, 0.25) is 5.91 Å². The molecule has 8 heteroatoms. The van der Waals surface area contributed by atoms with Crippen LogP contribution < -0.4 is 15.0 Å². The molecular formula is C41H56N3O5+. The number of nitrogens with zero attached hydrogens (tertiary/aromatic N) is 2. The van der Waals surface area contributed by atoms with E-state index in [4.69, 9.17) is 9.47 Å². The molecule has 2 aromatic carbocycles. The number of hydrogen-bond donors (Lipinski definition) is 1. The molecule has 0 spiro atoms. The number of allylic oxidation sites excluding steroid dienone is 5. The Bertz CT molecular complexity index is 1460. The Hall–Kier alpha value is -4.30. The fraction of sp³-hybridized carbons (Fsp3) is 0.463. The Balaban J connectivity index is 1.38. The summed E-state index contributed by atoms with van der Waals surface area (Å²) in [4.78, 5) is 38.4. The number of rotatable bonds is 22. The highest BCUT2D eigenvalue weighted by atomic mass is 16.5. The van der Waals surface area contributed by atoms with E-state index < -0.39 is 0 Å². The molecule has 8 nitrogen and oxygen atoms in total. The third-order valence-corrected chi connectivity index (χ3v) is 8.28. The first-order valence-corrected chi connectivity index (χ1v) is 17.7. The summed E-state index contributed by atoms with van der Waals surface area (Å²) in [5, 5.41) is 2.93. The van der Waals surface area contributed by atoms with Gasteiger partial charge < -0.3 is 19.7 Å². The van der Waals surface area contributed by atoms with Crippen molar-refractivity contribution in [3.63, 3.8) is 0 Å². The summed E-state index contributed by atoms with van der Waals surface area (Å²) in [5.41, 5.74) is 6.83. The van der Waals surface area contributed by atoms with Gasteiger partial charge in [0.05, 0.1) is 6.61 Å². The van der Waals surface area contributed by atoms with Crippen molar-refractivity contribution in [3.8, 4) is 5.75 Å². The van der Waals surface area contributed by atoms with Gasteiger partial charge in [-0.2, -0.15) is 0 Å². The molecule has 0 heterocycles. The Morgan fingerprint density at radius 3 is 1.88 bits per heavy atom. The van der Waals surface area contributed by atoms with Gasteiger partial charge in [0, 0.05) is 83.8 Å². The maximum absolute atomic E-state index is 12.3. The molecule has 264 valence electrons. The number of hydrogen-bond acceptors (Lipinski definition) is 6. The Morgan fingerprint density at radius 2 is 1.29 bits per heavy atom. The average Bonchev–Trinajstić information content (AvgIpc) is 3.10. The molecule has 3 rings (SSSR count). The number of ketones is 2. The van der Waals surface area contributed by atoms with Gasteiger partial charge >= 0.3 is 0 Å². The molecule has 0 aliphatic heterocycles. The quantitative estimate of drug-likeness (QED) is 0.108. The topological polar surface area (TPSA) is 88.0 Å². The lowest BCUT2D eigenvalue weighted by molar-refractivity contribution is -0.462. The van der Waals surface area contributed by atoms with Gasteiger partial charge in [-0.05, 0) is 90.8 Å². The normalized spacial score (nSPS) is 12.2. The van der Waals surface area contributed by atoms with Crippen LogP contribution in [0.4, 0.5) is 5.69 Å². The van der Waals surface area contributed by atoms with E-state index in [9.17, 15) is 14.4 Å².